The van der Waals surface area contributed by atoms with Gasteiger partial charge in [0.05, 0.1) is 7.11 Å². The van der Waals surface area contributed by atoms with Gasteiger partial charge >= 0.3 is 0 Å². The van der Waals surface area contributed by atoms with E-state index in [0.717, 1.165) is 36.6 Å². The van der Waals surface area contributed by atoms with Gasteiger partial charge in [0.25, 0.3) is 5.91 Å². The standard InChI is InChI=1S/C21H27N3O3/c1-14-19(16(3)25)15(2)22-20(14)21(26)24-11-9-23(10-12-24)13-17-5-7-18(27-4)8-6-17/h5-8,22H,9-13H2,1-4H3. The molecule has 0 unspecified atom stereocenters. The molecule has 1 aliphatic heterocycles. The van der Waals surface area contributed by atoms with E-state index < -0.39 is 0 Å². The highest BCUT2D eigenvalue weighted by molar-refractivity contribution is 6.02. The average Bonchev–Trinajstić information content (AvgIpc) is 2.96. The number of methoxy groups -OCH3 is 1. The number of amides is 1. The molecule has 144 valence electrons. The Morgan fingerprint density at radius 1 is 1.07 bits per heavy atom. The maximum Gasteiger partial charge on any atom is 0.270 e. The molecule has 1 aliphatic rings. The molecule has 3 rings (SSSR count). The fourth-order valence-corrected chi connectivity index (χ4v) is 3.75. The number of hydrogen-bond acceptors (Lipinski definition) is 4. The van der Waals surface area contributed by atoms with Gasteiger partial charge in [-0.2, -0.15) is 0 Å². The highest BCUT2D eigenvalue weighted by Crippen LogP contribution is 2.21. The van der Waals surface area contributed by atoms with Crippen molar-refractivity contribution < 1.29 is 14.3 Å². The number of Topliss-reactive ketones (excluding diaryl/α,β-unsaturated/α-hetero) is 1. The molecular formula is C21H27N3O3. The molecule has 1 aromatic heterocycles. The van der Waals surface area contributed by atoms with Gasteiger partial charge in [-0.05, 0) is 44.0 Å². The van der Waals surface area contributed by atoms with Crippen molar-refractivity contribution in [1.29, 1.82) is 0 Å². The highest BCUT2D eigenvalue weighted by atomic mass is 16.5. The molecule has 6 nitrogen and oxygen atoms in total. The van der Waals surface area contributed by atoms with Gasteiger partial charge in [-0.15, -0.1) is 0 Å². The number of nitrogens with zero attached hydrogens (tertiary/aromatic N) is 2. The molecule has 2 heterocycles. The number of nitrogens with one attached hydrogen (secondary N) is 1. The van der Waals surface area contributed by atoms with Crippen molar-refractivity contribution in [2.45, 2.75) is 27.3 Å². The van der Waals surface area contributed by atoms with E-state index in [1.54, 1.807) is 7.11 Å². The second kappa shape index (κ2) is 7.96. The van der Waals surface area contributed by atoms with Gasteiger partial charge in [0.15, 0.2) is 5.78 Å². The first-order chi connectivity index (χ1) is 12.9. The summed E-state index contributed by atoms with van der Waals surface area (Å²) >= 11 is 0. The van der Waals surface area contributed by atoms with E-state index in [1.165, 1.54) is 12.5 Å². The third kappa shape index (κ3) is 4.06. The first-order valence-corrected chi connectivity index (χ1v) is 9.25. The SMILES string of the molecule is COc1ccc(CN2CCN(C(=O)c3[nH]c(C)c(C(C)=O)c3C)CC2)cc1. The van der Waals surface area contributed by atoms with Crippen molar-refractivity contribution in [1.82, 2.24) is 14.8 Å². The van der Waals surface area contributed by atoms with Crippen LogP contribution in [0.2, 0.25) is 0 Å². The number of benzene rings is 1. The maximum absolute atomic E-state index is 12.9. The summed E-state index contributed by atoms with van der Waals surface area (Å²) in [4.78, 5) is 32.0. The third-order valence-corrected chi connectivity index (χ3v) is 5.23. The minimum atomic E-state index is -0.0211. The Hall–Kier alpha value is -2.60. The van der Waals surface area contributed by atoms with E-state index in [2.05, 4.69) is 22.0 Å². The van der Waals surface area contributed by atoms with Gasteiger partial charge in [-0.25, -0.2) is 0 Å². The molecule has 1 saturated heterocycles. The smallest absolute Gasteiger partial charge is 0.270 e. The van der Waals surface area contributed by atoms with E-state index in [0.29, 0.717) is 24.3 Å². The molecule has 1 fully saturated rings. The van der Waals surface area contributed by atoms with Crippen LogP contribution in [0.1, 0.15) is 44.6 Å². The first-order valence-electron chi connectivity index (χ1n) is 9.25. The minimum Gasteiger partial charge on any atom is -0.497 e. The number of piperazine rings is 1. The average molecular weight is 369 g/mol. The zero-order valence-electron chi connectivity index (χ0n) is 16.5. The lowest BCUT2D eigenvalue weighted by Crippen LogP contribution is -2.48. The van der Waals surface area contributed by atoms with E-state index in [1.807, 2.05) is 30.9 Å². The van der Waals surface area contributed by atoms with E-state index >= 15 is 0 Å². The second-order valence-corrected chi connectivity index (χ2v) is 7.10. The Morgan fingerprint density at radius 2 is 1.70 bits per heavy atom. The Kier molecular flexibility index (Phi) is 5.65. The van der Waals surface area contributed by atoms with Crippen molar-refractivity contribution in [3.05, 3.63) is 52.3 Å². The van der Waals surface area contributed by atoms with Crippen molar-refractivity contribution in [3.8, 4) is 5.75 Å². The minimum absolute atomic E-state index is 0.00962. The summed E-state index contributed by atoms with van der Waals surface area (Å²) in [5.74, 6) is 0.826. The van der Waals surface area contributed by atoms with Crippen LogP contribution < -0.4 is 4.74 Å². The second-order valence-electron chi connectivity index (χ2n) is 7.10. The van der Waals surface area contributed by atoms with E-state index in [-0.39, 0.29) is 11.7 Å². The number of hydrogen-bond donors (Lipinski definition) is 1. The molecule has 0 bridgehead atoms. The number of carbonyl (C=O) groups excluding carboxylic acids is 2. The van der Waals surface area contributed by atoms with Gasteiger partial charge in [0.1, 0.15) is 11.4 Å². The number of aromatic amines is 1. The predicted molar refractivity (Wildman–Crippen MR) is 104 cm³/mol. The summed E-state index contributed by atoms with van der Waals surface area (Å²) < 4.78 is 5.19. The largest absolute Gasteiger partial charge is 0.497 e. The van der Waals surface area contributed by atoms with Crippen LogP contribution in [-0.2, 0) is 6.54 Å². The Morgan fingerprint density at radius 3 is 2.22 bits per heavy atom. The van der Waals surface area contributed by atoms with Gasteiger partial charge in [-0.3, -0.25) is 14.5 Å². The molecular weight excluding hydrogens is 342 g/mol. The molecule has 27 heavy (non-hydrogen) atoms. The number of aromatic nitrogens is 1. The predicted octanol–water partition coefficient (Wildman–Crippen LogP) is 2.80. The molecule has 1 N–H and O–H groups in total. The number of rotatable bonds is 5. The van der Waals surface area contributed by atoms with Crippen LogP contribution in [0.25, 0.3) is 0 Å². The zero-order chi connectivity index (χ0) is 19.6. The normalized spacial score (nSPS) is 15.0. The molecule has 1 aromatic carbocycles. The van der Waals surface area contributed by atoms with Crippen LogP contribution in [0, 0.1) is 13.8 Å². The fourth-order valence-electron chi connectivity index (χ4n) is 3.75. The number of aryl methyl sites for hydroxylation is 1. The number of ketones is 1. The first kappa shape index (κ1) is 19.2. The lowest BCUT2D eigenvalue weighted by molar-refractivity contribution is 0.0622. The summed E-state index contributed by atoms with van der Waals surface area (Å²) in [6.45, 7) is 9.10. The van der Waals surface area contributed by atoms with Crippen LogP contribution in [0.5, 0.6) is 5.75 Å². The molecule has 0 radical (unpaired) electrons. The van der Waals surface area contributed by atoms with Gasteiger partial charge < -0.3 is 14.6 Å². The number of H-pyrrole nitrogens is 1. The molecule has 0 saturated carbocycles. The van der Waals surface area contributed by atoms with E-state index in [4.69, 9.17) is 4.74 Å². The molecule has 1 amide bonds. The van der Waals surface area contributed by atoms with Gasteiger partial charge in [-0.1, -0.05) is 12.1 Å². The van der Waals surface area contributed by atoms with Crippen molar-refractivity contribution >= 4 is 11.7 Å². The third-order valence-electron chi connectivity index (χ3n) is 5.23. The summed E-state index contributed by atoms with van der Waals surface area (Å²) in [5.41, 5.74) is 3.93. The Labute approximate surface area is 160 Å². The zero-order valence-corrected chi connectivity index (χ0v) is 16.5. The quantitative estimate of drug-likeness (QED) is 0.823. The molecule has 6 heteroatoms. The van der Waals surface area contributed by atoms with Crippen LogP contribution in [0.3, 0.4) is 0 Å². The summed E-state index contributed by atoms with van der Waals surface area (Å²) in [6, 6.07) is 8.09. The maximum atomic E-state index is 12.9. The number of ether oxygens (including phenoxy) is 1. The van der Waals surface area contributed by atoms with Crippen molar-refractivity contribution in [2.75, 3.05) is 33.3 Å². The molecule has 0 atom stereocenters. The molecule has 0 aliphatic carbocycles. The molecule has 2 aromatic rings. The van der Waals surface area contributed by atoms with Crippen LogP contribution in [0.4, 0.5) is 0 Å². The van der Waals surface area contributed by atoms with Crippen molar-refractivity contribution in [2.24, 2.45) is 0 Å². The highest BCUT2D eigenvalue weighted by Gasteiger charge is 2.26. The lowest BCUT2D eigenvalue weighted by Gasteiger charge is -2.34. The van der Waals surface area contributed by atoms with Crippen molar-refractivity contribution in [3.63, 3.8) is 0 Å². The molecule has 0 spiro atoms. The topological polar surface area (TPSA) is 65.6 Å². The van der Waals surface area contributed by atoms with Crippen LogP contribution in [0.15, 0.2) is 24.3 Å². The van der Waals surface area contributed by atoms with Crippen LogP contribution >= 0.6 is 0 Å². The van der Waals surface area contributed by atoms with Gasteiger partial charge in [0, 0.05) is 44.0 Å². The summed E-state index contributed by atoms with van der Waals surface area (Å²) in [5, 5.41) is 0. The lowest BCUT2D eigenvalue weighted by atomic mass is 10.1. The van der Waals surface area contributed by atoms with E-state index in [9.17, 15) is 9.59 Å². The Bertz CT molecular complexity index is 831. The van der Waals surface area contributed by atoms with Gasteiger partial charge in [0.2, 0.25) is 0 Å². The summed E-state index contributed by atoms with van der Waals surface area (Å²) in [6.07, 6.45) is 0. The monoisotopic (exact) mass is 369 g/mol. The fraction of sp³-hybridized carbons (Fsp3) is 0.429. The Balaban J connectivity index is 1.61. The summed E-state index contributed by atoms with van der Waals surface area (Å²) in [7, 11) is 1.66. The van der Waals surface area contributed by atoms with Crippen LogP contribution in [-0.4, -0.2) is 59.8 Å². The number of carbonyl (C=O) groups is 2.